The number of rotatable bonds is 4. The van der Waals surface area contributed by atoms with Crippen LogP contribution in [0.1, 0.15) is 11.3 Å². The van der Waals surface area contributed by atoms with Crippen LogP contribution in [0.25, 0.3) is 5.69 Å². The number of hydrogen-bond donors (Lipinski definition) is 1. The molecule has 1 aromatic carbocycles. The number of anilines is 1. The molecule has 2 heterocycles. The van der Waals surface area contributed by atoms with E-state index in [1.807, 2.05) is 53.3 Å². The summed E-state index contributed by atoms with van der Waals surface area (Å²) >= 11 is 0. The molecule has 0 amide bonds. The Morgan fingerprint density at radius 3 is 2.60 bits per heavy atom. The van der Waals surface area contributed by atoms with Crippen molar-refractivity contribution in [1.29, 1.82) is 0 Å². The van der Waals surface area contributed by atoms with E-state index in [9.17, 15) is 0 Å². The standard InChI is InChI=1S/C16H16N4/c17-16-11-15(9-8-13-5-4-10-18-12-13)20(19-16)14-6-2-1-3-7-14/h1-7,10-12H,8-9H2,(H2,17,19). The Bertz CT molecular complexity index is 674. The van der Waals surface area contributed by atoms with Crippen LogP contribution in [-0.4, -0.2) is 14.8 Å². The van der Waals surface area contributed by atoms with Gasteiger partial charge in [-0.05, 0) is 36.6 Å². The fraction of sp³-hybridized carbons (Fsp3) is 0.125. The Morgan fingerprint density at radius 1 is 1.00 bits per heavy atom. The van der Waals surface area contributed by atoms with E-state index in [0.717, 1.165) is 24.2 Å². The fourth-order valence-corrected chi connectivity index (χ4v) is 2.23. The van der Waals surface area contributed by atoms with Gasteiger partial charge in [-0.1, -0.05) is 24.3 Å². The molecule has 0 atom stereocenters. The van der Waals surface area contributed by atoms with Gasteiger partial charge in [0.25, 0.3) is 0 Å². The highest BCUT2D eigenvalue weighted by Crippen LogP contribution is 2.15. The molecule has 20 heavy (non-hydrogen) atoms. The largest absolute Gasteiger partial charge is 0.382 e. The summed E-state index contributed by atoms with van der Waals surface area (Å²) in [5.74, 6) is 0.551. The average Bonchev–Trinajstić information content (AvgIpc) is 2.88. The molecule has 0 aliphatic heterocycles. The molecule has 0 bridgehead atoms. The first-order valence-electron chi connectivity index (χ1n) is 6.62. The first-order chi connectivity index (χ1) is 9.83. The zero-order chi connectivity index (χ0) is 13.8. The zero-order valence-electron chi connectivity index (χ0n) is 11.1. The smallest absolute Gasteiger partial charge is 0.146 e. The van der Waals surface area contributed by atoms with Crippen molar-refractivity contribution in [2.24, 2.45) is 0 Å². The highest BCUT2D eigenvalue weighted by Gasteiger charge is 2.08. The number of benzene rings is 1. The van der Waals surface area contributed by atoms with Crippen LogP contribution in [0, 0.1) is 0 Å². The minimum Gasteiger partial charge on any atom is -0.382 e. The average molecular weight is 264 g/mol. The zero-order valence-corrected chi connectivity index (χ0v) is 11.1. The van der Waals surface area contributed by atoms with Crippen LogP contribution in [0.3, 0.4) is 0 Å². The molecule has 0 unspecified atom stereocenters. The third-order valence-corrected chi connectivity index (χ3v) is 3.20. The SMILES string of the molecule is Nc1cc(CCc2cccnc2)n(-c2ccccc2)n1. The van der Waals surface area contributed by atoms with E-state index in [0.29, 0.717) is 5.82 Å². The molecule has 4 heteroatoms. The summed E-state index contributed by atoms with van der Waals surface area (Å²) in [6.45, 7) is 0. The van der Waals surface area contributed by atoms with E-state index in [1.54, 1.807) is 6.20 Å². The van der Waals surface area contributed by atoms with Crippen molar-refractivity contribution in [2.75, 3.05) is 5.73 Å². The van der Waals surface area contributed by atoms with Gasteiger partial charge in [-0.25, -0.2) is 4.68 Å². The maximum Gasteiger partial charge on any atom is 0.146 e. The third kappa shape index (κ3) is 2.69. The van der Waals surface area contributed by atoms with Gasteiger partial charge < -0.3 is 5.73 Å². The molecule has 3 aromatic rings. The maximum atomic E-state index is 5.84. The van der Waals surface area contributed by atoms with Gasteiger partial charge in [0.2, 0.25) is 0 Å². The number of nitrogens with zero attached hydrogens (tertiary/aromatic N) is 3. The summed E-state index contributed by atoms with van der Waals surface area (Å²) in [5, 5.41) is 4.37. The lowest BCUT2D eigenvalue weighted by Crippen LogP contribution is -2.03. The molecular formula is C16H16N4. The Morgan fingerprint density at radius 2 is 1.85 bits per heavy atom. The molecule has 0 aliphatic rings. The first-order valence-corrected chi connectivity index (χ1v) is 6.62. The van der Waals surface area contributed by atoms with Crippen LogP contribution in [0.5, 0.6) is 0 Å². The van der Waals surface area contributed by atoms with Gasteiger partial charge in [0.05, 0.1) is 5.69 Å². The molecule has 0 saturated heterocycles. The van der Waals surface area contributed by atoms with E-state index in [1.165, 1.54) is 5.56 Å². The van der Waals surface area contributed by atoms with Crippen molar-refractivity contribution in [1.82, 2.24) is 14.8 Å². The monoisotopic (exact) mass is 264 g/mol. The lowest BCUT2D eigenvalue weighted by Gasteiger charge is -2.07. The number of hydrogen-bond acceptors (Lipinski definition) is 3. The van der Waals surface area contributed by atoms with Gasteiger partial charge in [0.1, 0.15) is 5.82 Å². The van der Waals surface area contributed by atoms with Gasteiger partial charge in [0, 0.05) is 24.2 Å². The van der Waals surface area contributed by atoms with Crippen LogP contribution < -0.4 is 5.73 Å². The summed E-state index contributed by atoms with van der Waals surface area (Å²) in [6.07, 6.45) is 5.49. The summed E-state index contributed by atoms with van der Waals surface area (Å²) in [5.41, 5.74) is 9.20. The summed E-state index contributed by atoms with van der Waals surface area (Å²) in [6, 6.07) is 16.0. The van der Waals surface area contributed by atoms with Crippen molar-refractivity contribution in [3.8, 4) is 5.69 Å². The van der Waals surface area contributed by atoms with E-state index in [2.05, 4.69) is 16.1 Å². The first kappa shape index (κ1) is 12.4. The topological polar surface area (TPSA) is 56.7 Å². The van der Waals surface area contributed by atoms with Crippen molar-refractivity contribution in [3.05, 3.63) is 72.2 Å². The lowest BCUT2D eigenvalue weighted by atomic mass is 10.1. The number of aromatic nitrogens is 3. The Kier molecular flexibility index (Phi) is 3.46. The van der Waals surface area contributed by atoms with E-state index in [4.69, 9.17) is 5.73 Å². The second-order valence-corrected chi connectivity index (χ2v) is 4.67. The molecule has 0 aliphatic carbocycles. The molecule has 3 rings (SSSR count). The van der Waals surface area contributed by atoms with E-state index in [-0.39, 0.29) is 0 Å². The van der Waals surface area contributed by atoms with Crippen LogP contribution in [0.15, 0.2) is 60.9 Å². The van der Waals surface area contributed by atoms with Crippen molar-refractivity contribution in [2.45, 2.75) is 12.8 Å². The minimum atomic E-state index is 0.551. The predicted octanol–water partition coefficient (Wildman–Crippen LogP) is 2.63. The highest BCUT2D eigenvalue weighted by molar-refractivity contribution is 5.39. The number of para-hydroxylation sites is 1. The highest BCUT2D eigenvalue weighted by atomic mass is 15.3. The molecule has 2 N–H and O–H groups in total. The number of pyridine rings is 1. The van der Waals surface area contributed by atoms with Crippen LogP contribution in [-0.2, 0) is 12.8 Å². The van der Waals surface area contributed by atoms with E-state index >= 15 is 0 Å². The number of nitrogens with two attached hydrogens (primary N) is 1. The van der Waals surface area contributed by atoms with Crippen molar-refractivity contribution in [3.63, 3.8) is 0 Å². The predicted molar refractivity (Wildman–Crippen MR) is 79.6 cm³/mol. The Hall–Kier alpha value is -2.62. The summed E-state index contributed by atoms with van der Waals surface area (Å²) < 4.78 is 1.91. The second-order valence-electron chi connectivity index (χ2n) is 4.67. The van der Waals surface area contributed by atoms with Crippen molar-refractivity contribution < 1.29 is 0 Å². The van der Waals surface area contributed by atoms with Crippen LogP contribution in [0.2, 0.25) is 0 Å². The summed E-state index contributed by atoms with van der Waals surface area (Å²) in [4.78, 5) is 4.14. The van der Waals surface area contributed by atoms with Crippen LogP contribution >= 0.6 is 0 Å². The van der Waals surface area contributed by atoms with Gasteiger partial charge in [-0.15, -0.1) is 0 Å². The number of nitrogen functional groups attached to an aromatic ring is 1. The summed E-state index contributed by atoms with van der Waals surface area (Å²) in [7, 11) is 0. The van der Waals surface area contributed by atoms with Gasteiger partial charge in [0.15, 0.2) is 0 Å². The quantitative estimate of drug-likeness (QED) is 0.788. The Balaban J connectivity index is 1.84. The molecule has 0 saturated carbocycles. The molecule has 0 fully saturated rings. The molecular weight excluding hydrogens is 248 g/mol. The molecule has 2 aromatic heterocycles. The normalized spacial score (nSPS) is 10.6. The second kappa shape index (κ2) is 5.57. The van der Waals surface area contributed by atoms with Gasteiger partial charge in [-0.2, -0.15) is 5.10 Å². The minimum absolute atomic E-state index is 0.551. The lowest BCUT2D eigenvalue weighted by molar-refractivity contribution is 0.787. The molecule has 4 nitrogen and oxygen atoms in total. The molecule has 100 valence electrons. The van der Waals surface area contributed by atoms with Gasteiger partial charge >= 0.3 is 0 Å². The molecule has 0 radical (unpaired) electrons. The number of aryl methyl sites for hydroxylation is 2. The van der Waals surface area contributed by atoms with E-state index < -0.39 is 0 Å². The molecule has 0 spiro atoms. The van der Waals surface area contributed by atoms with Crippen molar-refractivity contribution >= 4 is 5.82 Å². The maximum absolute atomic E-state index is 5.84. The van der Waals surface area contributed by atoms with Crippen LogP contribution in [0.4, 0.5) is 5.82 Å². The Labute approximate surface area is 117 Å². The van der Waals surface area contributed by atoms with Gasteiger partial charge in [-0.3, -0.25) is 4.98 Å². The fourth-order valence-electron chi connectivity index (χ4n) is 2.23. The third-order valence-electron chi connectivity index (χ3n) is 3.20.